The summed E-state index contributed by atoms with van der Waals surface area (Å²) in [5.41, 5.74) is 1.49. The van der Waals surface area contributed by atoms with Gasteiger partial charge in [-0.3, -0.25) is 14.4 Å². The summed E-state index contributed by atoms with van der Waals surface area (Å²) in [6, 6.07) is 7.55. The van der Waals surface area contributed by atoms with Crippen molar-refractivity contribution in [2.45, 2.75) is 64.7 Å². The number of H-pyrrole nitrogens is 1. The molecule has 4 N–H and O–H groups in total. The van der Waals surface area contributed by atoms with Gasteiger partial charge in [0, 0.05) is 40.9 Å². The monoisotopic (exact) mass is 556 g/mol. The van der Waals surface area contributed by atoms with Gasteiger partial charge < -0.3 is 20.5 Å². The molecule has 2 aliphatic carbocycles. The summed E-state index contributed by atoms with van der Waals surface area (Å²) in [6.07, 6.45) is 8.36. The van der Waals surface area contributed by atoms with Crippen LogP contribution >= 0.6 is 0 Å². The van der Waals surface area contributed by atoms with Crippen LogP contribution in [0.5, 0.6) is 0 Å². The number of allylic oxidation sites excluding steroid dienone is 3. The Bertz CT molecular complexity index is 1480. The SMILES string of the molecule is C=C1[C@@H](O)[C@@H]2/C=C\C[C@H](C)/C=C(/C)[C@@H](O)C(=O)/C=C\C(=O)[C@@]23C(=O)N[C@@H]([C@H](C)c2c[nH]c4ccccc24)[C@@H]3[C@@H]1CC. The molecule has 1 aliphatic heterocycles. The number of aliphatic hydroxyl groups excluding tert-OH is 2. The highest BCUT2D eigenvalue weighted by Crippen LogP contribution is 2.59. The molecule has 7 nitrogen and oxygen atoms in total. The van der Waals surface area contributed by atoms with Crippen molar-refractivity contribution in [3.63, 3.8) is 0 Å². The van der Waals surface area contributed by atoms with Crippen molar-refractivity contribution < 1.29 is 24.6 Å². The van der Waals surface area contributed by atoms with Gasteiger partial charge in [-0.25, -0.2) is 0 Å². The fourth-order valence-corrected chi connectivity index (χ4v) is 7.64. The van der Waals surface area contributed by atoms with E-state index in [9.17, 15) is 24.6 Å². The number of amides is 1. The molecule has 1 saturated carbocycles. The van der Waals surface area contributed by atoms with E-state index in [1.807, 2.05) is 56.5 Å². The minimum Gasteiger partial charge on any atom is -0.388 e. The van der Waals surface area contributed by atoms with E-state index in [1.165, 1.54) is 0 Å². The van der Waals surface area contributed by atoms with E-state index < -0.39 is 53.0 Å². The molecule has 41 heavy (non-hydrogen) atoms. The summed E-state index contributed by atoms with van der Waals surface area (Å²) in [4.78, 5) is 44.9. The van der Waals surface area contributed by atoms with Crippen LogP contribution in [-0.4, -0.2) is 50.9 Å². The van der Waals surface area contributed by atoms with Gasteiger partial charge in [0.2, 0.25) is 5.91 Å². The molecule has 2 aromatic rings. The molecular weight excluding hydrogens is 516 g/mol. The Balaban J connectivity index is 1.69. The zero-order chi connectivity index (χ0) is 29.6. The van der Waals surface area contributed by atoms with Crippen molar-refractivity contribution in [3.8, 4) is 0 Å². The van der Waals surface area contributed by atoms with Gasteiger partial charge in [-0.05, 0) is 66.5 Å². The largest absolute Gasteiger partial charge is 0.388 e. The number of ketones is 2. The second-order valence-corrected chi connectivity index (χ2v) is 12.1. The molecule has 3 aliphatic rings. The average molecular weight is 557 g/mol. The van der Waals surface area contributed by atoms with E-state index >= 15 is 0 Å². The topological polar surface area (TPSA) is 119 Å². The van der Waals surface area contributed by atoms with Crippen LogP contribution in [0.2, 0.25) is 0 Å². The van der Waals surface area contributed by atoms with Crippen LogP contribution in [0.25, 0.3) is 10.9 Å². The van der Waals surface area contributed by atoms with E-state index in [0.717, 1.165) is 28.6 Å². The predicted octanol–water partition coefficient (Wildman–Crippen LogP) is 4.54. The highest BCUT2D eigenvalue weighted by Gasteiger charge is 2.69. The van der Waals surface area contributed by atoms with Crippen molar-refractivity contribution in [1.29, 1.82) is 0 Å². The Hall–Kier alpha value is -3.55. The van der Waals surface area contributed by atoms with Gasteiger partial charge in [0.15, 0.2) is 11.6 Å². The fraction of sp³-hybridized carbons (Fsp3) is 0.441. The Kier molecular flexibility index (Phi) is 7.79. The lowest BCUT2D eigenvalue weighted by atomic mass is 9.50. The van der Waals surface area contributed by atoms with Crippen LogP contribution in [0, 0.1) is 29.1 Å². The van der Waals surface area contributed by atoms with Gasteiger partial charge in [-0.15, -0.1) is 0 Å². The standard InChI is InChI=1S/C34H40N2O5/c1-6-22-21(5)32(40)25-12-9-10-18(2)16-19(3)31(39)27(37)14-15-28(38)34(25)29(22)30(36-33(34)41)20(4)24-17-35-26-13-8-7-11-23(24)26/h7-9,11-18,20,22,25,29-32,35,39-40H,5-6,10H2,1-4H3,(H,36,41)/b12-9-,15-14-,19-16-/t18-,20+,22+,25-,29-,30-,31+,32+,34-/m0/s1. The molecular formula is C34H40N2O5. The zero-order valence-electron chi connectivity index (χ0n) is 24.1. The lowest BCUT2D eigenvalue weighted by molar-refractivity contribution is -0.148. The maximum absolute atomic E-state index is 14.4. The second-order valence-electron chi connectivity index (χ2n) is 12.1. The maximum Gasteiger partial charge on any atom is 0.235 e. The third-order valence-electron chi connectivity index (χ3n) is 9.74. The smallest absolute Gasteiger partial charge is 0.235 e. The van der Waals surface area contributed by atoms with Crippen molar-refractivity contribution in [3.05, 3.63) is 84.1 Å². The summed E-state index contributed by atoms with van der Waals surface area (Å²) in [7, 11) is 0. The van der Waals surface area contributed by atoms with Crippen molar-refractivity contribution >= 4 is 28.4 Å². The molecule has 216 valence electrons. The number of fused-ring (bicyclic) bond motifs is 1. The number of carbonyl (C=O) groups excluding carboxylic acids is 3. The van der Waals surface area contributed by atoms with Crippen LogP contribution in [0.4, 0.5) is 0 Å². The van der Waals surface area contributed by atoms with Gasteiger partial charge >= 0.3 is 0 Å². The molecule has 1 aromatic heterocycles. The third-order valence-corrected chi connectivity index (χ3v) is 9.74. The first kappa shape index (κ1) is 29.0. The highest BCUT2D eigenvalue weighted by atomic mass is 16.3. The summed E-state index contributed by atoms with van der Waals surface area (Å²) in [5.74, 6) is -3.49. The fourth-order valence-electron chi connectivity index (χ4n) is 7.64. The normalized spacial score (nSPS) is 38.0. The van der Waals surface area contributed by atoms with Crippen LogP contribution in [0.1, 0.15) is 52.0 Å². The minimum atomic E-state index is -1.65. The number of benzene rings is 1. The maximum atomic E-state index is 14.4. The summed E-state index contributed by atoms with van der Waals surface area (Å²) in [6.45, 7) is 12.0. The number of aromatic nitrogens is 1. The Labute approximate surface area is 241 Å². The number of para-hydroxylation sites is 1. The van der Waals surface area contributed by atoms with E-state index in [1.54, 1.807) is 13.0 Å². The Morgan fingerprint density at radius 1 is 1.15 bits per heavy atom. The van der Waals surface area contributed by atoms with Crippen molar-refractivity contribution in [2.24, 2.45) is 29.1 Å². The molecule has 2 heterocycles. The third kappa shape index (κ3) is 4.56. The first-order valence-electron chi connectivity index (χ1n) is 14.6. The van der Waals surface area contributed by atoms with E-state index in [4.69, 9.17) is 0 Å². The molecule has 9 atom stereocenters. The van der Waals surface area contributed by atoms with Gasteiger partial charge in [0.1, 0.15) is 11.5 Å². The first-order valence-corrected chi connectivity index (χ1v) is 14.6. The Morgan fingerprint density at radius 3 is 2.61 bits per heavy atom. The molecule has 1 saturated heterocycles. The number of hydrogen-bond acceptors (Lipinski definition) is 5. The average Bonchev–Trinajstić information content (AvgIpc) is 3.52. The molecule has 0 bridgehead atoms. The van der Waals surface area contributed by atoms with Crippen LogP contribution in [0.3, 0.4) is 0 Å². The first-order chi connectivity index (χ1) is 19.5. The van der Waals surface area contributed by atoms with Gasteiger partial charge in [-0.1, -0.05) is 63.8 Å². The number of aliphatic hydroxyl groups is 2. The number of nitrogens with one attached hydrogen (secondary N) is 2. The molecule has 0 unspecified atom stereocenters. The summed E-state index contributed by atoms with van der Waals surface area (Å²) < 4.78 is 0. The summed E-state index contributed by atoms with van der Waals surface area (Å²) in [5, 5.41) is 26.5. The molecule has 1 aromatic carbocycles. The van der Waals surface area contributed by atoms with Crippen LogP contribution < -0.4 is 5.32 Å². The summed E-state index contributed by atoms with van der Waals surface area (Å²) >= 11 is 0. The molecule has 2 fully saturated rings. The lowest BCUT2D eigenvalue weighted by Crippen LogP contribution is -2.58. The van der Waals surface area contributed by atoms with Crippen LogP contribution in [0.15, 0.2) is 78.6 Å². The van der Waals surface area contributed by atoms with Gasteiger partial charge in [-0.2, -0.15) is 0 Å². The molecule has 0 radical (unpaired) electrons. The van der Waals surface area contributed by atoms with Gasteiger partial charge in [0.05, 0.1) is 6.10 Å². The minimum absolute atomic E-state index is 0.0137. The molecule has 1 amide bonds. The second kappa shape index (κ2) is 11.0. The molecule has 7 heteroatoms. The number of aromatic amines is 1. The molecule has 1 spiro atoms. The zero-order valence-corrected chi connectivity index (χ0v) is 24.1. The van der Waals surface area contributed by atoms with E-state index in [-0.39, 0.29) is 17.8 Å². The number of hydrogen-bond donors (Lipinski definition) is 4. The Morgan fingerprint density at radius 2 is 1.88 bits per heavy atom. The number of carbonyl (C=O) groups is 3. The highest BCUT2D eigenvalue weighted by molar-refractivity contribution is 6.15. The number of rotatable bonds is 3. The molecule has 5 rings (SSSR count). The van der Waals surface area contributed by atoms with E-state index in [2.05, 4.69) is 23.8 Å². The lowest BCUT2D eigenvalue weighted by Gasteiger charge is -2.50. The quantitative estimate of drug-likeness (QED) is 0.327. The van der Waals surface area contributed by atoms with Crippen molar-refractivity contribution in [1.82, 2.24) is 10.3 Å². The van der Waals surface area contributed by atoms with Crippen molar-refractivity contribution in [2.75, 3.05) is 0 Å². The van der Waals surface area contributed by atoms with Gasteiger partial charge in [0.25, 0.3) is 0 Å². The van der Waals surface area contributed by atoms with E-state index in [0.29, 0.717) is 24.0 Å². The predicted molar refractivity (Wildman–Crippen MR) is 159 cm³/mol. The van der Waals surface area contributed by atoms with Crippen LogP contribution in [-0.2, 0) is 14.4 Å².